The van der Waals surface area contributed by atoms with E-state index in [1.807, 2.05) is 6.92 Å². The maximum absolute atomic E-state index is 13.8. The standard InChI is InChI=1S/C24H29NO6S/c1-16-6-8-19(9-7-16)32(27,28)25-15-17(26)14-24(10-5-11-24)23(25)22-20(30-3)12-18(29-2)13-21(22)31-4/h6-9,12-13,23H,5,10-11,14-15H2,1-4H3/t23-/m1/s1. The molecule has 8 heteroatoms. The molecule has 2 fully saturated rings. The fraction of sp³-hybridized carbons (Fsp3) is 0.458. The Labute approximate surface area is 189 Å². The van der Waals surface area contributed by atoms with Crippen LogP contribution < -0.4 is 14.2 Å². The van der Waals surface area contributed by atoms with Crippen LogP contribution in [0.2, 0.25) is 0 Å². The molecule has 1 aliphatic heterocycles. The summed E-state index contributed by atoms with van der Waals surface area (Å²) in [6.45, 7) is 1.72. The predicted molar refractivity (Wildman–Crippen MR) is 120 cm³/mol. The molecule has 2 aromatic rings. The van der Waals surface area contributed by atoms with Gasteiger partial charge < -0.3 is 14.2 Å². The van der Waals surface area contributed by atoms with Crippen molar-refractivity contribution in [3.8, 4) is 17.2 Å². The molecule has 32 heavy (non-hydrogen) atoms. The number of ketones is 1. The summed E-state index contributed by atoms with van der Waals surface area (Å²) < 4.78 is 45.8. The Morgan fingerprint density at radius 3 is 2.03 bits per heavy atom. The zero-order valence-corrected chi connectivity index (χ0v) is 19.7. The molecule has 1 spiro atoms. The zero-order valence-electron chi connectivity index (χ0n) is 18.9. The second-order valence-corrected chi connectivity index (χ2v) is 10.5. The molecule has 1 heterocycles. The molecular weight excluding hydrogens is 430 g/mol. The van der Waals surface area contributed by atoms with Crippen LogP contribution in [0, 0.1) is 12.3 Å². The van der Waals surface area contributed by atoms with Crippen LogP contribution in [0.5, 0.6) is 17.2 Å². The molecule has 1 atom stereocenters. The van der Waals surface area contributed by atoms with Gasteiger partial charge in [-0.25, -0.2) is 8.42 Å². The van der Waals surface area contributed by atoms with Gasteiger partial charge in [-0.05, 0) is 37.3 Å². The van der Waals surface area contributed by atoms with Gasteiger partial charge in [-0.15, -0.1) is 0 Å². The van der Waals surface area contributed by atoms with Crippen molar-refractivity contribution in [1.29, 1.82) is 0 Å². The minimum Gasteiger partial charge on any atom is -0.496 e. The lowest BCUT2D eigenvalue weighted by Crippen LogP contribution is -2.55. The molecule has 2 aliphatic rings. The number of carbonyl (C=O) groups excluding carboxylic acids is 1. The van der Waals surface area contributed by atoms with Gasteiger partial charge in [-0.2, -0.15) is 4.31 Å². The third kappa shape index (κ3) is 3.65. The van der Waals surface area contributed by atoms with E-state index in [2.05, 4.69) is 0 Å². The predicted octanol–water partition coefficient (Wildman–Crippen LogP) is 3.90. The third-order valence-corrected chi connectivity index (χ3v) is 8.58. The number of piperidine rings is 1. The Kier molecular flexibility index (Phi) is 5.94. The lowest BCUT2D eigenvalue weighted by Gasteiger charge is -2.54. The van der Waals surface area contributed by atoms with Crippen molar-refractivity contribution < 1.29 is 27.4 Å². The largest absolute Gasteiger partial charge is 0.496 e. The normalized spacial score (nSPS) is 20.6. The fourth-order valence-corrected chi connectivity index (χ4v) is 6.69. The van der Waals surface area contributed by atoms with Crippen molar-refractivity contribution in [2.45, 2.75) is 43.5 Å². The number of methoxy groups -OCH3 is 3. The highest BCUT2D eigenvalue weighted by atomic mass is 32.2. The van der Waals surface area contributed by atoms with E-state index < -0.39 is 21.5 Å². The van der Waals surface area contributed by atoms with E-state index in [0.717, 1.165) is 24.8 Å². The highest BCUT2D eigenvalue weighted by Gasteiger charge is 2.56. The Bertz CT molecular complexity index is 1100. The number of aryl methyl sites for hydroxylation is 1. The van der Waals surface area contributed by atoms with Crippen LogP contribution in [0.4, 0.5) is 0 Å². The average Bonchev–Trinajstić information content (AvgIpc) is 2.76. The van der Waals surface area contributed by atoms with Gasteiger partial charge in [-0.1, -0.05) is 24.1 Å². The van der Waals surface area contributed by atoms with Crippen molar-refractivity contribution in [3.05, 3.63) is 47.5 Å². The molecule has 1 saturated carbocycles. The lowest BCUT2D eigenvalue weighted by molar-refractivity contribution is -0.131. The van der Waals surface area contributed by atoms with E-state index in [4.69, 9.17) is 14.2 Å². The Morgan fingerprint density at radius 2 is 1.56 bits per heavy atom. The molecule has 7 nitrogen and oxygen atoms in total. The number of hydrogen-bond donors (Lipinski definition) is 0. The van der Waals surface area contributed by atoms with Gasteiger partial charge in [0.1, 0.15) is 23.0 Å². The Morgan fingerprint density at radius 1 is 0.969 bits per heavy atom. The Hall–Kier alpha value is -2.58. The molecule has 0 bridgehead atoms. The smallest absolute Gasteiger partial charge is 0.244 e. The molecule has 4 rings (SSSR count). The van der Waals surface area contributed by atoms with Crippen LogP contribution in [0.1, 0.15) is 42.9 Å². The van der Waals surface area contributed by atoms with Gasteiger partial charge >= 0.3 is 0 Å². The molecule has 1 aliphatic carbocycles. The van der Waals surface area contributed by atoms with Crippen LogP contribution >= 0.6 is 0 Å². The first-order valence-electron chi connectivity index (χ1n) is 10.7. The number of Topliss-reactive ketones (excluding diaryl/α,β-unsaturated/α-hetero) is 1. The second kappa shape index (κ2) is 8.41. The lowest BCUT2D eigenvalue weighted by atomic mass is 9.58. The summed E-state index contributed by atoms with van der Waals surface area (Å²) in [4.78, 5) is 13.0. The highest BCUT2D eigenvalue weighted by Crippen LogP contribution is 2.61. The first-order valence-corrected chi connectivity index (χ1v) is 12.1. The van der Waals surface area contributed by atoms with Crippen LogP contribution in [-0.2, 0) is 14.8 Å². The summed E-state index contributed by atoms with van der Waals surface area (Å²) in [5.74, 6) is 1.44. The molecule has 0 radical (unpaired) electrons. The number of sulfonamides is 1. The summed E-state index contributed by atoms with van der Waals surface area (Å²) in [6.07, 6.45) is 2.82. The summed E-state index contributed by atoms with van der Waals surface area (Å²) in [5.41, 5.74) is 1.12. The number of benzene rings is 2. The number of carbonyl (C=O) groups is 1. The molecular formula is C24H29NO6S. The first-order chi connectivity index (χ1) is 15.3. The van der Waals surface area contributed by atoms with E-state index in [1.54, 1.807) is 43.5 Å². The summed E-state index contributed by atoms with van der Waals surface area (Å²) >= 11 is 0. The van der Waals surface area contributed by atoms with Crippen molar-refractivity contribution in [1.82, 2.24) is 4.31 Å². The maximum Gasteiger partial charge on any atom is 0.244 e. The molecule has 2 aromatic carbocycles. The molecule has 0 aromatic heterocycles. The van der Waals surface area contributed by atoms with Gasteiger partial charge in [0.05, 0.1) is 44.4 Å². The number of hydrogen-bond acceptors (Lipinski definition) is 6. The molecule has 0 unspecified atom stereocenters. The van der Waals surface area contributed by atoms with Gasteiger partial charge in [-0.3, -0.25) is 4.79 Å². The van der Waals surface area contributed by atoms with E-state index in [0.29, 0.717) is 29.2 Å². The molecule has 1 saturated heterocycles. The van der Waals surface area contributed by atoms with E-state index in [9.17, 15) is 13.2 Å². The highest BCUT2D eigenvalue weighted by molar-refractivity contribution is 7.89. The average molecular weight is 460 g/mol. The third-order valence-electron chi connectivity index (χ3n) is 6.75. The van der Waals surface area contributed by atoms with Gasteiger partial charge in [0.15, 0.2) is 0 Å². The van der Waals surface area contributed by atoms with Crippen molar-refractivity contribution in [2.75, 3.05) is 27.9 Å². The van der Waals surface area contributed by atoms with Crippen LogP contribution in [-0.4, -0.2) is 46.4 Å². The van der Waals surface area contributed by atoms with E-state index in [1.165, 1.54) is 18.5 Å². The number of ether oxygens (including phenoxy) is 3. The molecule has 0 N–H and O–H groups in total. The molecule has 172 valence electrons. The Balaban J connectivity index is 1.94. The quantitative estimate of drug-likeness (QED) is 0.652. The van der Waals surface area contributed by atoms with Gasteiger partial charge in [0.2, 0.25) is 10.0 Å². The van der Waals surface area contributed by atoms with Crippen molar-refractivity contribution in [3.63, 3.8) is 0 Å². The maximum atomic E-state index is 13.8. The van der Waals surface area contributed by atoms with Gasteiger partial charge in [0, 0.05) is 18.6 Å². The van der Waals surface area contributed by atoms with Crippen LogP contribution in [0.3, 0.4) is 0 Å². The van der Waals surface area contributed by atoms with Gasteiger partial charge in [0.25, 0.3) is 0 Å². The minimum atomic E-state index is -3.95. The van der Waals surface area contributed by atoms with Crippen molar-refractivity contribution >= 4 is 15.8 Å². The monoisotopic (exact) mass is 459 g/mol. The number of rotatable bonds is 6. The summed E-state index contributed by atoms with van der Waals surface area (Å²) in [6, 6.07) is 9.60. The molecule has 0 amide bonds. The zero-order chi connectivity index (χ0) is 23.1. The summed E-state index contributed by atoms with van der Waals surface area (Å²) in [7, 11) is 0.678. The van der Waals surface area contributed by atoms with E-state index in [-0.39, 0.29) is 17.2 Å². The topological polar surface area (TPSA) is 82.1 Å². The fourth-order valence-electron chi connectivity index (χ4n) is 5.02. The number of nitrogens with zero attached hydrogens (tertiary/aromatic N) is 1. The SMILES string of the molecule is COc1cc(OC)c([C@H]2N(S(=O)(=O)c3ccc(C)cc3)CC(=O)CC23CCC3)c(OC)c1. The van der Waals surface area contributed by atoms with Crippen LogP contribution in [0.25, 0.3) is 0 Å². The van der Waals surface area contributed by atoms with Crippen molar-refractivity contribution in [2.24, 2.45) is 5.41 Å². The first kappa shape index (κ1) is 22.6. The second-order valence-electron chi connectivity index (χ2n) is 8.64. The minimum absolute atomic E-state index is 0.0666. The van der Waals surface area contributed by atoms with Crippen LogP contribution in [0.15, 0.2) is 41.3 Å². The van der Waals surface area contributed by atoms with E-state index >= 15 is 0 Å². The summed E-state index contributed by atoms with van der Waals surface area (Å²) in [5, 5.41) is 0.